The van der Waals surface area contributed by atoms with Crippen molar-refractivity contribution in [3.05, 3.63) is 27.9 Å². The molecule has 1 heterocycles. The van der Waals surface area contributed by atoms with Crippen LogP contribution in [0, 0.1) is 17.0 Å². The highest BCUT2D eigenvalue weighted by Gasteiger charge is 2.18. The number of anilines is 1. The van der Waals surface area contributed by atoms with Gasteiger partial charge in [0.05, 0.1) is 10.5 Å². The lowest BCUT2D eigenvalue weighted by Gasteiger charge is -2.21. The molecule has 0 aliphatic carbocycles. The molecule has 1 rings (SSSR count). The Kier molecular flexibility index (Phi) is 4.01. The standard InChI is InChI=1S/C11H17N3O3/c1-4-11(3,15)7-13-10-5-8(2)9(6-12-10)14(16)17/h5-6,15H,4,7H2,1-3H3,(H,12,13). The number of hydrogen-bond donors (Lipinski definition) is 2. The summed E-state index contributed by atoms with van der Waals surface area (Å²) in [7, 11) is 0. The first-order chi connectivity index (χ1) is 7.85. The van der Waals surface area contributed by atoms with E-state index in [4.69, 9.17) is 0 Å². The van der Waals surface area contributed by atoms with Crippen LogP contribution in [0.25, 0.3) is 0 Å². The molecule has 0 fully saturated rings. The average Bonchev–Trinajstić information content (AvgIpc) is 2.26. The van der Waals surface area contributed by atoms with Gasteiger partial charge in [-0.05, 0) is 26.3 Å². The van der Waals surface area contributed by atoms with Gasteiger partial charge in [-0.25, -0.2) is 4.98 Å². The van der Waals surface area contributed by atoms with Gasteiger partial charge < -0.3 is 10.4 Å². The van der Waals surface area contributed by atoms with Crippen molar-refractivity contribution in [1.82, 2.24) is 4.98 Å². The second-order valence-electron chi connectivity index (χ2n) is 4.32. The van der Waals surface area contributed by atoms with Crippen LogP contribution in [0.1, 0.15) is 25.8 Å². The molecule has 17 heavy (non-hydrogen) atoms. The van der Waals surface area contributed by atoms with E-state index < -0.39 is 10.5 Å². The van der Waals surface area contributed by atoms with Gasteiger partial charge in [0.1, 0.15) is 12.0 Å². The number of aliphatic hydroxyl groups is 1. The smallest absolute Gasteiger partial charge is 0.290 e. The van der Waals surface area contributed by atoms with Crippen LogP contribution < -0.4 is 5.32 Å². The lowest BCUT2D eigenvalue weighted by atomic mass is 10.0. The Morgan fingerprint density at radius 2 is 2.29 bits per heavy atom. The Balaban J connectivity index is 2.75. The third kappa shape index (κ3) is 3.67. The van der Waals surface area contributed by atoms with E-state index in [9.17, 15) is 15.2 Å². The number of hydrogen-bond acceptors (Lipinski definition) is 5. The number of nitro groups is 1. The summed E-state index contributed by atoms with van der Waals surface area (Å²) in [6, 6.07) is 1.60. The molecular weight excluding hydrogens is 222 g/mol. The predicted octanol–water partition coefficient (Wildman–Crippen LogP) is 1.87. The van der Waals surface area contributed by atoms with E-state index in [1.54, 1.807) is 19.9 Å². The highest BCUT2D eigenvalue weighted by Crippen LogP contribution is 2.19. The zero-order chi connectivity index (χ0) is 13.1. The van der Waals surface area contributed by atoms with E-state index in [0.29, 0.717) is 24.3 Å². The summed E-state index contributed by atoms with van der Waals surface area (Å²) in [5.74, 6) is 0.529. The van der Waals surface area contributed by atoms with E-state index in [1.165, 1.54) is 6.20 Å². The molecule has 0 aliphatic rings. The Bertz CT molecular complexity index is 418. The molecular formula is C11H17N3O3. The molecule has 0 bridgehead atoms. The minimum absolute atomic E-state index is 0.00204. The van der Waals surface area contributed by atoms with Crippen LogP contribution in [-0.4, -0.2) is 27.2 Å². The lowest BCUT2D eigenvalue weighted by Crippen LogP contribution is -2.32. The molecule has 0 aliphatic heterocycles. The third-order valence-electron chi connectivity index (χ3n) is 2.69. The van der Waals surface area contributed by atoms with Gasteiger partial charge in [0.2, 0.25) is 0 Å². The Morgan fingerprint density at radius 3 is 2.76 bits per heavy atom. The fourth-order valence-electron chi connectivity index (χ4n) is 1.24. The van der Waals surface area contributed by atoms with Gasteiger partial charge in [-0.2, -0.15) is 0 Å². The van der Waals surface area contributed by atoms with Crippen LogP contribution in [0.15, 0.2) is 12.3 Å². The van der Waals surface area contributed by atoms with Crippen LogP contribution in [0.4, 0.5) is 11.5 Å². The Morgan fingerprint density at radius 1 is 1.65 bits per heavy atom. The van der Waals surface area contributed by atoms with Gasteiger partial charge in [0, 0.05) is 12.1 Å². The van der Waals surface area contributed by atoms with Gasteiger partial charge in [-0.3, -0.25) is 10.1 Å². The van der Waals surface area contributed by atoms with Gasteiger partial charge >= 0.3 is 0 Å². The van der Waals surface area contributed by atoms with Crippen molar-refractivity contribution in [3.63, 3.8) is 0 Å². The SMILES string of the molecule is CCC(C)(O)CNc1cc(C)c([N+](=O)[O-])cn1. The van der Waals surface area contributed by atoms with Crippen molar-refractivity contribution < 1.29 is 10.0 Å². The molecule has 1 unspecified atom stereocenters. The number of rotatable bonds is 5. The van der Waals surface area contributed by atoms with Crippen molar-refractivity contribution in [2.45, 2.75) is 32.8 Å². The fraction of sp³-hybridized carbons (Fsp3) is 0.545. The second-order valence-corrected chi connectivity index (χ2v) is 4.32. The highest BCUT2D eigenvalue weighted by molar-refractivity contribution is 5.46. The van der Waals surface area contributed by atoms with Crippen molar-refractivity contribution in [3.8, 4) is 0 Å². The molecule has 0 saturated heterocycles. The summed E-state index contributed by atoms with van der Waals surface area (Å²) in [5.41, 5.74) is -0.265. The zero-order valence-corrected chi connectivity index (χ0v) is 10.2. The summed E-state index contributed by atoms with van der Waals surface area (Å²) < 4.78 is 0. The molecule has 6 nitrogen and oxygen atoms in total. The van der Waals surface area contributed by atoms with E-state index >= 15 is 0 Å². The van der Waals surface area contributed by atoms with Gasteiger partial charge in [-0.15, -0.1) is 0 Å². The van der Waals surface area contributed by atoms with Crippen molar-refractivity contribution in [2.24, 2.45) is 0 Å². The number of nitrogens with zero attached hydrogens (tertiary/aromatic N) is 2. The van der Waals surface area contributed by atoms with Gasteiger partial charge in [0.15, 0.2) is 0 Å². The van der Waals surface area contributed by atoms with Crippen molar-refractivity contribution in [1.29, 1.82) is 0 Å². The first-order valence-electron chi connectivity index (χ1n) is 5.43. The third-order valence-corrected chi connectivity index (χ3v) is 2.69. The first kappa shape index (κ1) is 13.4. The molecule has 94 valence electrons. The molecule has 0 radical (unpaired) electrons. The van der Waals surface area contributed by atoms with Gasteiger partial charge in [0.25, 0.3) is 5.69 Å². The molecule has 1 aromatic rings. The van der Waals surface area contributed by atoms with Crippen LogP contribution >= 0.6 is 0 Å². The van der Waals surface area contributed by atoms with Crippen LogP contribution in [0.2, 0.25) is 0 Å². The van der Waals surface area contributed by atoms with E-state index in [0.717, 1.165) is 0 Å². The topological polar surface area (TPSA) is 88.3 Å². The predicted molar refractivity (Wildman–Crippen MR) is 65.0 cm³/mol. The maximum atomic E-state index is 10.6. The number of pyridine rings is 1. The van der Waals surface area contributed by atoms with Crippen molar-refractivity contribution in [2.75, 3.05) is 11.9 Å². The first-order valence-corrected chi connectivity index (χ1v) is 5.43. The van der Waals surface area contributed by atoms with E-state index in [-0.39, 0.29) is 5.69 Å². The Labute approximate surface area is 99.8 Å². The largest absolute Gasteiger partial charge is 0.388 e. The number of aromatic nitrogens is 1. The summed E-state index contributed by atoms with van der Waals surface area (Å²) in [6.07, 6.45) is 1.84. The highest BCUT2D eigenvalue weighted by atomic mass is 16.6. The quantitative estimate of drug-likeness (QED) is 0.605. The molecule has 0 spiro atoms. The zero-order valence-electron chi connectivity index (χ0n) is 10.2. The maximum Gasteiger partial charge on any atom is 0.290 e. The monoisotopic (exact) mass is 239 g/mol. The molecule has 1 atom stereocenters. The fourth-order valence-corrected chi connectivity index (χ4v) is 1.24. The van der Waals surface area contributed by atoms with Crippen LogP contribution in [0.5, 0.6) is 0 Å². The minimum Gasteiger partial charge on any atom is -0.388 e. The molecule has 2 N–H and O–H groups in total. The Hall–Kier alpha value is -1.69. The van der Waals surface area contributed by atoms with Crippen LogP contribution in [-0.2, 0) is 0 Å². The van der Waals surface area contributed by atoms with Crippen molar-refractivity contribution >= 4 is 11.5 Å². The summed E-state index contributed by atoms with van der Waals surface area (Å²) in [6.45, 7) is 5.62. The molecule has 0 aromatic carbocycles. The summed E-state index contributed by atoms with van der Waals surface area (Å²) >= 11 is 0. The number of nitrogens with one attached hydrogen (secondary N) is 1. The van der Waals surface area contributed by atoms with Crippen LogP contribution in [0.3, 0.4) is 0 Å². The van der Waals surface area contributed by atoms with E-state index in [1.807, 2.05) is 6.92 Å². The van der Waals surface area contributed by atoms with Gasteiger partial charge in [-0.1, -0.05) is 6.92 Å². The molecule has 0 amide bonds. The normalized spacial score (nSPS) is 14.1. The second kappa shape index (κ2) is 5.09. The minimum atomic E-state index is -0.808. The summed E-state index contributed by atoms with van der Waals surface area (Å²) in [4.78, 5) is 14.1. The summed E-state index contributed by atoms with van der Waals surface area (Å²) in [5, 5.41) is 23.4. The molecule has 1 aromatic heterocycles. The maximum absolute atomic E-state index is 10.6. The van der Waals surface area contributed by atoms with E-state index in [2.05, 4.69) is 10.3 Å². The molecule has 6 heteroatoms. The average molecular weight is 239 g/mol. The molecule has 0 saturated carbocycles. The lowest BCUT2D eigenvalue weighted by molar-refractivity contribution is -0.385. The number of aryl methyl sites for hydroxylation is 1.